The molecule has 2 amide bonds. The first-order valence-electron chi connectivity index (χ1n) is 9.45. The first-order valence-corrected chi connectivity index (χ1v) is 12.1. The molecule has 1 heterocycles. The Morgan fingerprint density at radius 1 is 1.50 bits per heavy atom. The van der Waals surface area contributed by atoms with Gasteiger partial charge in [-0.3, -0.25) is 14.9 Å². The van der Waals surface area contributed by atoms with E-state index in [-0.39, 0.29) is 54.6 Å². The van der Waals surface area contributed by atoms with E-state index < -0.39 is 25.9 Å². The number of ether oxygens (including phenoxy) is 2. The van der Waals surface area contributed by atoms with E-state index in [1.165, 1.54) is 30.0 Å². The Balaban J connectivity index is 2.35. The molecule has 0 aliphatic carbocycles. The maximum Gasteiger partial charge on any atom is 0.261 e. The number of carbonyl (C=O) groups is 2. The molecule has 32 heavy (non-hydrogen) atoms. The molecule has 1 aliphatic heterocycles. The van der Waals surface area contributed by atoms with Gasteiger partial charge in [0.05, 0.1) is 24.1 Å². The van der Waals surface area contributed by atoms with Gasteiger partial charge in [-0.1, -0.05) is 24.8 Å². The van der Waals surface area contributed by atoms with Crippen LogP contribution >= 0.6 is 31.7 Å². The topological polar surface area (TPSA) is 118 Å². The van der Waals surface area contributed by atoms with Gasteiger partial charge in [0, 0.05) is 33.8 Å². The monoisotopic (exact) mass is 511 g/mol. The van der Waals surface area contributed by atoms with Gasteiger partial charge in [0.2, 0.25) is 5.91 Å². The van der Waals surface area contributed by atoms with Crippen molar-refractivity contribution in [1.29, 1.82) is 0 Å². The first kappa shape index (κ1) is 28.6. The normalized spacial score (nSPS) is 20.9. The van der Waals surface area contributed by atoms with Crippen LogP contribution in [0.3, 0.4) is 0 Å². The summed E-state index contributed by atoms with van der Waals surface area (Å²) in [5.41, 5.74) is 0. The van der Waals surface area contributed by atoms with Crippen LogP contribution in [0.5, 0.6) is 0 Å². The van der Waals surface area contributed by atoms with Crippen LogP contribution in [0.1, 0.15) is 6.42 Å². The second kappa shape index (κ2) is 16.2. The van der Waals surface area contributed by atoms with Crippen molar-refractivity contribution in [1.82, 2.24) is 15.7 Å². The molecule has 0 aromatic heterocycles. The van der Waals surface area contributed by atoms with E-state index >= 15 is 0 Å². The zero-order chi connectivity index (χ0) is 23.9. The number of aliphatic hydroxyl groups is 1. The van der Waals surface area contributed by atoms with Crippen LogP contribution in [0.4, 0.5) is 4.39 Å². The minimum Gasteiger partial charge on any atom is -0.484 e. The molecule has 180 valence electrons. The second-order valence-corrected chi connectivity index (χ2v) is 9.74. The quantitative estimate of drug-likeness (QED) is 0.121. The minimum atomic E-state index is -1.47. The molecule has 0 radical (unpaired) electrons. The molecule has 9 nitrogen and oxygen atoms in total. The molecule has 1 fully saturated rings. The van der Waals surface area contributed by atoms with Crippen molar-refractivity contribution in [2.75, 3.05) is 33.5 Å². The maximum atomic E-state index is 12.3. The highest BCUT2D eigenvalue weighted by molar-refractivity contribution is 7.95. The molecule has 0 aromatic carbocycles. The fraction of sp³-hybridized carbons (Fsp3) is 0.474. The summed E-state index contributed by atoms with van der Waals surface area (Å²) in [6.45, 7) is 7.63. The van der Waals surface area contributed by atoms with Crippen molar-refractivity contribution in [3.63, 3.8) is 0 Å². The number of hydrogen-bond acceptors (Lipinski definition) is 8. The predicted molar refractivity (Wildman–Crippen MR) is 124 cm³/mol. The molecule has 1 rings (SSSR count). The van der Waals surface area contributed by atoms with E-state index in [1.54, 1.807) is 7.11 Å². The van der Waals surface area contributed by atoms with Gasteiger partial charge in [0.15, 0.2) is 6.61 Å². The Hall–Kier alpha value is -1.46. The number of hydrogen-bond donors (Lipinski definition) is 4. The number of rotatable bonds is 14. The SMILES string of the molecule is C=CP(NC(=O)COC(=C)/C=C\C(Cl)=C\F)C(O)CCNC(=O)C1COSC(COC)N1. The molecule has 0 spiro atoms. The van der Waals surface area contributed by atoms with Crippen LogP contribution in [0.25, 0.3) is 0 Å². The lowest BCUT2D eigenvalue weighted by molar-refractivity contribution is -0.124. The largest absolute Gasteiger partial charge is 0.484 e. The highest BCUT2D eigenvalue weighted by atomic mass is 35.5. The third-order valence-electron chi connectivity index (χ3n) is 3.84. The molecule has 0 bridgehead atoms. The Morgan fingerprint density at radius 2 is 2.25 bits per heavy atom. The highest BCUT2D eigenvalue weighted by Gasteiger charge is 2.28. The zero-order valence-electron chi connectivity index (χ0n) is 17.6. The van der Waals surface area contributed by atoms with Gasteiger partial charge in [-0.25, -0.2) is 4.39 Å². The van der Waals surface area contributed by atoms with Gasteiger partial charge in [-0.2, -0.15) is 0 Å². The Kier molecular flexibility index (Phi) is 14.5. The highest BCUT2D eigenvalue weighted by Crippen LogP contribution is 2.37. The van der Waals surface area contributed by atoms with Crippen molar-refractivity contribution >= 4 is 43.5 Å². The van der Waals surface area contributed by atoms with Crippen molar-refractivity contribution in [2.45, 2.75) is 23.7 Å². The van der Waals surface area contributed by atoms with Crippen LogP contribution in [0.2, 0.25) is 0 Å². The fourth-order valence-corrected chi connectivity index (χ4v) is 4.39. The molecule has 13 heteroatoms. The van der Waals surface area contributed by atoms with Gasteiger partial charge in [-0.15, -0.1) is 0 Å². The smallest absolute Gasteiger partial charge is 0.261 e. The molecule has 0 aromatic rings. The molecule has 4 atom stereocenters. The lowest BCUT2D eigenvalue weighted by Gasteiger charge is -2.28. The average molecular weight is 512 g/mol. The van der Waals surface area contributed by atoms with Crippen molar-refractivity contribution in [2.24, 2.45) is 0 Å². The Morgan fingerprint density at radius 3 is 2.91 bits per heavy atom. The molecule has 1 aliphatic rings. The van der Waals surface area contributed by atoms with E-state index in [0.717, 1.165) is 0 Å². The predicted octanol–water partition coefficient (Wildman–Crippen LogP) is 2.21. The van der Waals surface area contributed by atoms with Gasteiger partial charge in [0.1, 0.15) is 23.5 Å². The van der Waals surface area contributed by atoms with Crippen LogP contribution in [-0.2, 0) is 23.2 Å². The lowest BCUT2D eigenvalue weighted by Crippen LogP contribution is -2.53. The maximum absolute atomic E-state index is 12.3. The van der Waals surface area contributed by atoms with Crippen LogP contribution in [0.15, 0.2) is 48.2 Å². The number of nitrogens with one attached hydrogen (secondary N) is 3. The van der Waals surface area contributed by atoms with E-state index in [2.05, 4.69) is 28.9 Å². The summed E-state index contributed by atoms with van der Waals surface area (Å²) < 4.78 is 27.6. The summed E-state index contributed by atoms with van der Waals surface area (Å²) in [5.74, 6) is -0.114. The second-order valence-electron chi connectivity index (χ2n) is 6.31. The summed E-state index contributed by atoms with van der Waals surface area (Å²) in [4.78, 5) is 24.3. The van der Waals surface area contributed by atoms with Gasteiger partial charge in [0.25, 0.3) is 5.91 Å². The standard InChI is InChI=1S/C19H28ClFN3O6PS/c1-4-31(24-16(25)11-29-13(2)5-6-14(20)9-21)18(26)7-8-22-19(27)15-10-30-32-17(23-15)12-28-3/h4-6,9,15,17-18,23,26H,1-2,7-8,10-12H2,3H3,(H,22,27)(H,24,25)/b6-5-,14-9-. The summed E-state index contributed by atoms with van der Waals surface area (Å²) in [6.07, 6.45) is 2.94. The molecule has 1 saturated heterocycles. The van der Waals surface area contributed by atoms with Crippen LogP contribution in [-0.4, -0.2) is 67.7 Å². The van der Waals surface area contributed by atoms with E-state index in [1.807, 2.05) is 0 Å². The van der Waals surface area contributed by atoms with Crippen LogP contribution < -0.4 is 15.7 Å². The zero-order valence-corrected chi connectivity index (χ0v) is 20.1. The molecular formula is C19H28ClFN3O6PS. The van der Waals surface area contributed by atoms with Crippen molar-refractivity contribution < 1.29 is 32.7 Å². The third kappa shape index (κ3) is 11.4. The van der Waals surface area contributed by atoms with E-state index in [0.29, 0.717) is 6.61 Å². The number of carbonyl (C=O) groups excluding carboxylic acids is 2. The number of allylic oxidation sites excluding steroid dienone is 3. The van der Waals surface area contributed by atoms with Gasteiger partial charge >= 0.3 is 0 Å². The minimum absolute atomic E-state index is 0.109. The number of halogens is 2. The molecular weight excluding hydrogens is 484 g/mol. The summed E-state index contributed by atoms with van der Waals surface area (Å²) in [6, 6.07) is -0.524. The van der Waals surface area contributed by atoms with Crippen molar-refractivity contribution in [3.8, 4) is 0 Å². The van der Waals surface area contributed by atoms with E-state index in [9.17, 15) is 19.1 Å². The van der Waals surface area contributed by atoms with Crippen molar-refractivity contribution in [3.05, 3.63) is 48.2 Å². The summed E-state index contributed by atoms with van der Waals surface area (Å²) in [5, 5.41) is 18.5. The average Bonchev–Trinajstić information content (AvgIpc) is 2.79. The molecule has 0 saturated carbocycles. The Labute approximate surface area is 197 Å². The third-order valence-corrected chi connectivity index (χ3v) is 6.62. The van der Waals surface area contributed by atoms with E-state index in [4.69, 9.17) is 25.3 Å². The van der Waals surface area contributed by atoms with Crippen LogP contribution in [0, 0.1) is 0 Å². The number of methoxy groups -OCH3 is 1. The first-order chi connectivity index (χ1) is 15.3. The molecule has 4 N–H and O–H groups in total. The summed E-state index contributed by atoms with van der Waals surface area (Å²) >= 11 is 6.68. The fourth-order valence-electron chi connectivity index (χ4n) is 2.29. The Bertz CT molecular complexity index is 713. The van der Waals surface area contributed by atoms with Gasteiger partial charge < -0.3 is 29.2 Å². The van der Waals surface area contributed by atoms with Gasteiger partial charge in [-0.05, 0) is 24.4 Å². The molecule has 4 unspecified atom stereocenters. The lowest BCUT2D eigenvalue weighted by atomic mass is 10.3. The number of aliphatic hydroxyl groups excluding tert-OH is 1. The number of amides is 2. The summed E-state index contributed by atoms with van der Waals surface area (Å²) in [7, 11) is 0.0943.